The zero-order chi connectivity index (χ0) is 54.6. The fraction of sp³-hybridized carbons (Fsp3) is 0.885. The molecule has 0 bridgehead atoms. The van der Waals surface area contributed by atoms with Gasteiger partial charge in [-0.1, -0.05) is 230 Å². The van der Waals surface area contributed by atoms with Gasteiger partial charge in [-0.15, -0.1) is 0 Å². The highest BCUT2D eigenvalue weighted by Crippen LogP contribution is 2.30. The van der Waals surface area contributed by atoms with Crippen LogP contribution in [-0.2, 0) is 23.7 Å². The second-order valence-electron chi connectivity index (χ2n) is 21.8. The van der Waals surface area contributed by atoms with Gasteiger partial charge in [0.2, 0.25) is 5.91 Å². The molecule has 14 heteroatoms. The van der Waals surface area contributed by atoms with Crippen LogP contribution < -0.4 is 5.32 Å². The summed E-state index contributed by atoms with van der Waals surface area (Å²) < 4.78 is 22.8. The van der Waals surface area contributed by atoms with E-state index in [9.17, 15) is 45.6 Å². The molecule has 0 aromatic heterocycles. The predicted octanol–water partition coefficient (Wildman–Crippen LogP) is 10.6. The van der Waals surface area contributed by atoms with Crippen LogP contribution >= 0.6 is 0 Å². The Morgan fingerprint density at radius 1 is 0.480 bits per heavy atom. The Balaban J connectivity index is 1.66. The summed E-state index contributed by atoms with van der Waals surface area (Å²) in [6, 6.07) is -0.827. The third-order valence-corrected chi connectivity index (χ3v) is 15.1. The molecule has 75 heavy (non-hydrogen) atoms. The lowest BCUT2D eigenvalue weighted by Crippen LogP contribution is -2.65. The van der Waals surface area contributed by atoms with Crippen LogP contribution in [0.2, 0.25) is 0 Å². The second kappa shape index (κ2) is 47.1. The largest absolute Gasteiger partial charge is 0.394 e. The van der Waals surface area contributed by atoms with Crippen LogP contribution in [-0.4, -0.2) is 140 Å². The first kappa shape index (κ1) is 69.3. The van der Waals surface area contributed by atoms with Crippen LogP contribution in [0.4, 0.5) is 0 Å². The molecule has 1 amide bonds. The quantitative estimate of drug-likeness (QED) is 0.0204. The maximum Gasteiger partial charge on any atom is 0.220 e. The topological polar surface area (TPSA) is 228 Å². The van der Waals surface area contributed by atoms with Crippen molar-refractivity contribution in [3.63, 3.8) is 0 Å². The second-order valence-corrected chi connectivity index (χ2v) is 21.8. The maximum atomic E-state index is 13.3. The normalized spacial score (nSPS) is 25.3. The van der Waals surface area contributed by atoms with Gasteiger partial charge in [0, 0.05) is 6.42 Å². The number of amides is 1. The molecular weight excluding hydrogens is 955 g/mol. The minimum Gasteiger partial charge on any atom is -0.394 e. The fourth-order valence-electron chi connectivity index (χ4n) is 10.1. The van der Waals surface area contributed by atoms with Gasteiger partial charge in [0.1, 0.15) is 48.8 Å². The first-order valence-electron chi connectivity index (χ1n) is 30.7. The first-order valence-corrected chi connectivity index (χ1v) is 30.7. The van der Waals surface area contributed by atoms with Gasteiger partial charge in [0.15, 0.2) is 12.6 Å². The average molecular weight is 1070 g/mol. The summed E-state index contributed by atoms with van der Waals surface area (Å²) in [7, 11) is 0. The number of hydrogen-bond acceptors (Lipinski definition) is 13. The van der Waals surface area contributed by atoms with Crippen LogP contribution in [0, 0.1) is 0 Å². The third-order valence-electron chi connectivity index (χ3n) is 15.1. The Labute approximate surface area is 455 Å². The zero-order valence-electron chi connectivity index (χ0n) is 47.3. The van der Waals surface area contributed by atoms with E-state index in [4.69, 9.17) is 18.9 Å². The van der Waals surface area contributed by atoms with Crippen LogP contribution in [0.15, 0.2) is 36.5 Å². The van der Waals surface area contributed by atoms with E-state index < -0.39 is 86.8 Å². The standard InChI is InChI=1S/C61H113NO13/c1-3-5-7-9-11-13-15-17-18-19-20-21-22-23-24-25-26-27-28-29-30-31-32-33-35-37-39-41-43-45-53(66)62-49(50(65)44-42-40-38-36-34-16-14-12-10-8-6-4-2)48-72-60-58(71)56(69)59(52(47-64)74-60)75-61-57(70)55(68)54(67)51(46-63)73-61/h15,17,19-20,22-23,49-52,54-61,63-65,67-71H,3-14,16,18,21,24-48H2,1-2H3,(H,62,66)/b17-15-,20-19-,23-22-. The molecule has 12 atom stereocenters. The molecule has 0 radical (unpaired) electrons. The highest BCUT2D eigenvalue weighted by molar-refractivity contribution is 5.76. The molecule has 0 aromatic carbocycles. The molecule has 9 N–H and O–H groups in total. The van der Waals surface area contributed by atoms with E-state index in [0.717, 1.165) is 64.2 Å². The number of nitrogens with one attached hydrogen (secondary N) is 1. The lowest BCUT2D eigenvalue weighted by Gasteiger charge is -2.46. The minimum atomic E-state index is -1.78. The van der Waals surface area contributed by atoms with Crippen molar-refractivity contribution in [2.75, 3.05) is 19.8 Å². The SMILES string of the molecule is CCCCCCC/C=C\C/C=C\C/C=C\CCCCCCCCCCCCCCCCC(=O)NC(COC1OC(CO)C(OC2OC(CO)C(O)C(O)C2O)C(O)C1O)C(O)CCCCCCCCCCCCCC. The summed E-state index contributed by atoms with van der Waals surface area (Å²) in [6.45, 7) is 2.85. The molecule has 2 fully saturated rings. The van der Waals surface area contributed by atoms with Crippen molar-refractivity contribution in [1.82, 2.24) is 5.32 Å². The van der Waals surface area contributed by atoms with Crippen LogP contribution in [0.1, 0.15) is 251 Å². The van der Waals surface area contributed by atoms with Gasteiger partial charge in [0.25, 0.3) is 0 Å². The van der Waals surface area contributed by atoms with Crippen molar-refractivity contribution in [2.24, 2.45) is 0 Å². The molecule has 0 aromatic rings. The highest BCUT2D eigenvalue weighted by Gasteiger charge is 2.51. The van der Waals surface area contributed by atoms with E-state index >= 15 is 0 Å². The molecule has 2 rings (SSSR count). The monoisotopic (exact) mass is 1070 g/mol. The van der Waals surface area contributed by atoms with Crippen LogP contribution in [0.3, 0.4) is 0 Å². The smallest absolute Gasteiger partial charge is 0.220 e. The molecule has 2 saturated heterocycles. The van der Waals surface area contributed by atoms with Gasteiger partial charge >= 0.3 is 0 Å². The molecule has 2 heterocycles. The number of unbranched alkanes of at least 4 members (excludes halogenated alkanes) is 30. The van der Waals surface area contributed by atoms with Gasteiger partial charge in [-0.25, -0.2) is 0 Å². The van der Waals surface area contributed by atoms with Crippen molar-refractivity contribution in [2.45, 2.75) is 325 Å². The number of aliphatic hydroxyl groups excluding tert-OH is 8. The molecule has 12 unspecified atom stereocenters. The maximum absolute atomic E-state index is 13.3. The van der Waals surface area contributed by atoms with E-state index in [1.54, 1.807) is 0 Å². The van der Waals surface area contributed by atoms with Gasteiger partial charge in [-0.3, -0.25) is 4.79 Å². The Hall–Kier alpha value is -1.79. The van der Waals surface area contributed by atoms with E-state index in [-0.39, 0.29) is 12.5 Å². The third kappa shape index (κ3) is 32.8. The number of allylic oxidation sites excluding steroid dienone is 6. The molecular formula is C61H113NO13. The van der Waals surface area contributed by atoms with Gasteiger partial charge in [-0.05, 0) is 51.4 Å². The first-order chi connectivity index (χ1) is 36.6. The van der Waals surface area contributed by atoms with Crippen molar-refractivity contribution >= 4 is 5.91 Å². The lowest BCUT2D eigenvalue weighted by atomic mass is 9.97. The Kier molecular flexibility index (Phi) is 43.5. The molecule has 14 nitrogen and oxygen atoms in total. The number of carbonyl (C=O) groups excluding carboxylic acids is 1. The summed E-state index contributed by atoms with van der Waals surface area (Å²) >= 11 is 0. The molecule has 2 aliphatic heterocycles. The van der Waals surface area contributed by atoms with Gasteiger partial charge < -0.3 is 65.1 Å². The average Bonchev–Trinajstić information content (AvgIpc) is 3.41. The highest BCUT2D eigenvalue weighted by atomic mass is 16.7. The Bertz CT molecular complexity index is 1400. The summed E-state index contributed by atoms with van der Waals surface area (Å²) in [5.41, 5.74) is 0. The van der Waals surface area contributed by atoms with E-state index in [1.165, 1.54) is 161 Å². The van der Waals surface area contributed by atoms with E-state index in [2.05, 4.69) is 55.6 Å². The number of carbonyl (C=O) groups is 1. The molecule has 0 spiro atoms. The summed E-state index contributed by atoms with van der Waals surface area (Å²) in [5, 5.41) is 87.2. The molecule has 2 aliphatic rings. The Morgan fingerprint density at radius 2 is 0.880 bits per heavy atom. The molecule has 0 saturated carbocycles. The number of ether oxygens (including phenoxy) is 4. The van der Waals surface area contributed by atoms with Crippen molar-refractivity contribution in [1.29, 1.82) is 0 Å². The minimum absolute atomic E-state index is 0.207. The van der Waals surface area contributed by atoms with Crippen molar-refractivity contribution < 1.29 is 64.6 Å². The Morgan fingerprint density at radius 3 is 1.35 bits per heavy atom. The lowest BCUT2D eigenvalue weighted by molar-refractivity contribution is -0.359. The predicted molar refractivity (Wildman–Crippen MR) is 300 cm³/mol. The summed E-state index contributed by atoms with van der Waals surface area (Å²) in [5.74, 6) is -0.207. The summed E-state index contributed by atoms with van der Waals surface area (Å²) in [6.07, 6.45) is 40.1. The fourth-order valence-corrected chi connectivity index (χ4v) is 10.1. The number of rotatable bonds is 49. The van der Waals surface area contributed by atoms with Crippen molar-refractivity contribution in [3.8, 4) is 0 Å². The zero-order valence-corrected chi connectivity index (χ0v) is 47.3. The van der Waals surface area contributed by atoms with E-state index in [0.29, 0.717) is 12.8 Å². The number of hydrogen-bond donors (Lipinski definition) is 9. The van der Waals surface area contributed by atoms with Gasteiger partial charge in [0.05, 0.1) is 32.0 Å². The summed E-state index contributed by atoms with van der Waals surface area (Å²) in [4.78, 5) is 13.3. The van der Waals surface area contributed by atoms with Crippen LogP contribution in [0.25, 0.3) is 0 Å². The van der Waals surface area contributed by atoms with Crippen LogP contribution in [0.5, 0.6) is 0 Å². The van der Waals surface area contributed by atoms with E-state index in [1.807, 2.05) is 0 Å². The number of aliphatic hydroxyl groups is 8. The van der Waals surface area contributed by atoms with Crippen molar-refractivity contribution in [3.05, 3.63) is 36.5 Å². The molecule has 0 aliphatic carbocycles. The molecule has 440 valence electrons. The van der Waals surface area contributed by atoms with Gasteiger partial charge in [-0.2, -0.15) is 0 Å².